The minimum absolute atomic E-state index is 0.214. The number of hydrogen-bond acceptors (Lipinski definition) is 2. The Morgan fingerprint density at radius 1 is 1.47 bits per heavy atom. The van der Waals surface area contributed by atoms with Crippen LogP contribution in [0.25, 0.3) is 0 Å². The lowest BCUT2D eigenvalue weighted by atomic mass is 9.97. The molecule has 1 atom stereocenters. The minimum atomic E-state index is -0.214. The summed E-state index contributed by atoms with van der Waals surface area (Å²) in [4.78, 5) is 0. The lowest BCUT2D eigenvalue weighted by molar-refractivity contribution is 0.382. The summed E-state index contributed by atoms with van der Waals surface area (Å²) in [5.41, 5.74) is 0.752. The zero-order valence-corrected chi connectivity index (χ0v) is 10.5. The first-order valence-corrected chi connectivity index (χ1v) is 6.28. The Morgan fingerprint density at radius 3 is 2.88 bits per heavy atom. The lowest BCUT2D eigenvalue weighted by Gasteiger charge is -2.14. The highest BCUT2D eigenvalue weighted by Crippen LogP contribution is 2.28. The summed E-state index contributed by atoms with van der Waals surface area (Å²) >= 11 is 0. The predicted molar refractivity (Wildman–Crippen MR) is 67.0 cm³/mol. The number of ether oxygens (including phenoxy) is 1. The third kappa shape index (κ3) is 3.19. The third-order valence-electron chi connectivity index (χ3n) is 3.33. The molecule has 1 aromatic carbocycles. The Balaban J connectivity index is 1.94. The molecule has 1 aliphatic carbocycles. The first kappa shape index (κ1) is 12.4. The van der Waals surface area contributed by atoms with Crippen LogP contribution in [-0.2, 0) is 0 Å². The van der Waals surface area contributed by atoms with E-state index >= 15 is 0 Å². The first-order chi connectivity index (χ1) is 8.22. The summed E-state index contributed by atoms with van der Waals surface area (Å²) in [5, 5.41) is 3.45. The van der Waals surface area contributed by atoms with E-state index in [9.17, 15) is 4.39 Å². The topological polar surface area (TPSA) is 21.3 Å². The summed E-state index contributed by atoms with van der Waals surface area (Å²) in [6.45, 7) is 3.02. The summed E-state index contributed by atoms with van der Waals surface area (Å²) in [5.74, 6) is 0.342. The number of halogens is 1. The van der Waals surface area contributed by atoms with Crippen molar-refractivity contribution in [3.63, 3.8) is 0 Å². The quantitative estimate of drug-likeness (QED) is 0.821. The molecule has 0 amide bonds. The highest BCUT2D eigenvalue weighted by Gasteiger charge is 2.20. The molecular formula is C14H20FNO. The van der Waals surface area contributed by atoms with Crippen molar-refractivity contribution in [1.82, 2.24) is 5.32 Å². The number of methoxy groups -OCH3 is 1. The second-order valence-corrected chi connectivity index (χ2v) is 4.78. The van der Waals surface area contributed by atoms with Gasteiger partial charge in [-0.15, -0.1) is 0 Å². The van der Waals surface area contributed by atoms with Crippen LogP contribution in [0.1, 0.15) is 37.7 Å². The molecule has 1 fully saturated rings. The van der Waals surface area contributed by atoms with Crippen LogP contribution in [-0.4, -0.2) is 19.7 Å². The number of hydrogen-bond donors (Lipinski definition) is 1. The van der Waals surface area contributed by atoms with Crippen LogP contribution >= 0.6 is 0 Å². The van der Waals surface area contributed by atoms with Crippen molar-refractivity contribution in [2.45, 2.75) is 38.1 Å². The fourth-order valence-corrected chi connectivity index (χ4v) is 2.01. The molecule has 1 saturated carbocycles. The van der Waals surface area contributed by atoms with Crippen LogP contribution < -0.4 is 10.1 Å². The predicted octanol–water partition coefficient (Wildman–Crippen LogP) is 3.08. The fraction of sp³-hybridized carbons (Fsp3) is 0.571. The van der Waals surface area contributed by atoms with Gasteiger partial charge in [-0.3, -0.25) is 0 Å². The van der Waals surface area contributed by atoms with Gasteiger partial charge >= 0.3 is 0 Å². The van der Waals surface area contributed by atoms with E-state index in [1.807, 2.05) is 12.1 Å². The second-order valence-electron chi connectivity index (χ2n) is 4.78. The standard InChI is InChI=1S/C14H20FNO/c1-10(8-9-16-11-6-7-11)12-4-3-5-13(17-2)14(12)15/h3-5,10-11,16H,6-9H2,1-2H3. The van der Waals surface area contributed by atoms with Gasteiger partial charge in [0.15, 0.2) is 11.6 Å². The first-order valence-electron chi connectivity index (χ1n) is 6.28. The van der Waals surface area contributed by atoms with Crippen LogP contribution in [0.5, 0.6) is 5.75 Å². The molecule has 3 heteroatoms. The molecule has 0 heterocycles. The maximum atomic E-state index is 14.0. The Bertz CT molecular complexity index is 376. The molecule has 0 saturated heterocycles. The normalized spacial score (nSPS) is 16.9. The Morgan fingerprint density at radius 2 is 2.24 bits per heavy atom. The van der Waals surface area contributed by atoms with Crippen molar-refractivity contribution >= 4 is 0 Å². The summed E-state index contributed by atoms with van der Waals surface area (Å²) < 4.78 is 19.0. The van der Waals surface area contributed by atoms with E-state index in [0.29, 0.717) is 5.75 Å². The van der Waals surface area contributed by atoms with Crippen molar-refractivity contribution in [3.05, 3.63) is 29.6 Å². The molecule has 1 N–H and O–H groups in total. The number of benzene rings is 1. The maximum Gasteiger partial charge on any atom is 0.168 e. The number of nitrogens with one attached hydrogen (secondary N) is 1. The van der Waals surface area contributed by atoms with Gasteiger partial charge in [0.25, 0.3) is 0 Å². The zero-order chi connectivity index (χ0) is 12.3. The monoisotopic (exact) mass is 237 g/mol. The smallest absolute Gasteiger partial charge is 0.168 e. The molecule has 94 valence electrons. The van der Waals surface area contributed by atoms with E-state index in [1.165, 1.54) is 20.0 Å². The van der Waals surface area contributed by atoms with Crippen molar-refractivity contribution < 1.29 is 9.13 Å². The van der Waals surface area contributed by atoms with Crippen molar-refractivity contribution in [1.29, 1.82) is 0 Å². The van der Waals surface area contributed by atoms with E-state index in [1.54, 1.807) is 6.07 Å². The van der Waals surface area contributed by atoms with Gasteiger partial charge in [-0.05, 0) is 43.4 Å². The Labute approximate surface area is 102 Å². The van der Waals surface area contributed by atoms with E-state index < -0.39 is 0 Å². The van der Waals surface area contributed by atoms with E-state index in [-0.39, 0.29) is 11.7 Å². The Kier molecular flexibility index (Phi) is 4.00. The lowest BCUT2D eigenvalue weighted by Crippen LogP contribution is -2.19. The molecule has 17 heavy (non-hydrogen) atoms. The van der Waals surface area contributed by atoms with E-state index in [0.717, 1.165) is 24.6 Å². The van der Waals surface area contributed by atoms with Crippen LogP contribution in [0.3, 0.4) is 0 Å². The molecule has 0 spiro atoms. The molecule has 0 bridgehead atoms. The van der Waals surface area contributed by atoms with Gasteiger partial charge < -0.3 is 10.1 Å². The van der Waals surface area contributed by atoms with Crippen LogP contribution in [0.4, 0.5) is 4.39 Å². The molecule has 1 aromatic rings. The second kappa shape index (κ2) is 5.50. The fourth-order valence-electron chi connectivity index (χ4n) is 2.01. The summed E-state index contributed by atoms with van der Waals surface area (Å²) in [7, 11) is 1.50. The van der Waals surface area contributed by atoms with Gasteiger partial charge in [-0.25, -0.2) is 4.39 Å². The highest BCUT2D eigenvalue weighted by atomic mass is 19.1. The molecule has 0 aliphatic heterocycles. The van der Waals surface area contributed by atoms with E-state index in [2.05, 4.69) is 12.2 Å². The van der Waals surface area contributed by atoms with Gasteiger partial charge in [0.2, 0.25) is 0 Å². The molecule has 1 aliphatic rings. The van der Waals surface area contributed by atoms with Crippen molar-refractivity contribution in [2.24, 2.45) is 0 Å². The van der Waals surface area contributed by atoms with E-state index in [4.69, 9.17) is 4.74 Å². The minimum Gasteiger partial charge on any atom is -0.494 e. The molecule has 2 nitrogen and oxygen atoms in total. The van der Waals surface area contributed by atoms with Crippen LogP contribution in [0.15, 0.2) is 18.2 Å². The maximum absolute atomic E-state index is 14.0. The highest BCUT2D eigenvalue weighted by molar-refractivity contribution is 5.33. The zero-order valence-electron chi connectivity index (χ0n) is 10.5. The summed E-state index contributed by atoms with van der Waals surface area (Å²) in [6, 6.07) is 6.08. The van der Waals surface area contributed by atoms with Gasteiger partial charge in [0.05, 0.1) is 7.11 Å². The molecular weight excluding hydrogens is 217 g/mol. The third-order valence-corrected chi connectivity index (χ3v) is 3.33. The Hall–Kier alpha value is -1.09. The van der Waals surface area contributed by atoms with Crippen LogP contribution in [0, 0.1) is 5.82 Å². The van der Waals surface area contributed by atoms with Gasteiger partial charge in [-0.2, -0.15) is 0 Å². The van der Waals surface area contributed by atoms with Gasteiger partial charge in [0.1, 0.15) is 0 Å². The summed E-state index contributed by atoms with van der Waals surface area (Å²) in [6.07, 6.45) is 3.55. The molecule has 2 rings (SSSR count). The van der Waals surface area contributed by atoms with Crippen LogP contribution in [0.2, 0.25) is 0 Å². The van der Waals surface area contributed by atoms with Crippen molar-refractivity contribution in [3.8, 4) is 5.75 Å². The average Bonchev–Trinajstić information content (AvgIpc) is 3.13. The SMILES string of the molecule is COc1cccc(C(C)CCNC2CC2)c1F. The average molecular weight is 237 g/mol. The van der Waals surface area contributed by atoms with Gasteiger partial charge in [0, 0.05) is 6.04 Å². The van der Waals surface area contributed by atoms with Crippen molar-refractivity contribution in [2.75, 3.05) is 13.7 Å². The molecule has 0 aromatic heterocycles. The molecule has 0 radical (unpaired) electrons. The number of rotatable bonds is 6. The molecule has 1 unspecified atom stereocenters. The largest absolute Gasteiger partial charge is 0.494 e. The van der Waals surface area contributed by atoms with Gasteiger partial charge in [-0.1, -0.05) is 19.1 Å².